The van der Waals surface area contributed by atoms with Crippen LogP contribution in [0, 0.1) is 0 Å². The van der Waals surface area contributed by atoms with Gasteiger partial charge in [-0.3, -0.25) is 4.90 Å². The number of hydrogen-bond acceptors (Lipinski definition) is 2. The Bertz CT molecular complexity index is 326. The lowest BCUT2D eigenvalue weighted by molar-refractivity contribution is 0.275. The Labute approximate surface area is 103 Å². The summed E-state index contributed by atoms with van der Waals surface area (Å²) in [5.74, 6) is 0. The largest absolute Gasteiger partial charge is 0.399 e. The second-order valence-corrected chi connectivity index (χ2v) is 4.48. The van der Waals surface area contributed by atoms with E-state index in [1.807, 2.05) is 18.2 Å². The Balaban J connectivity index is 2.62. The van der Waals surface area contributed by atoms with Crippen LogP contribution in [0.5, 0.6) is 0 Å². The number of halogens is 1. The molecule has 0 spiro atoms. The Morgan fingerprint density at radius 2 is 2.06 bits per heavy atom. The molecule has 0 aliphatic rings. The first-order valence-electron chi connectivity index (χ1n) is 5.93. The standard InChI is InChI=1S/C13H21ClN2/c1-3-5-8-16(4-2)10-11-6-7-12(15)9-13(11)14/h6-7,9H,3-5,8,10,15H2,1-2H3. The Kier molecular flexibility index (Phi) is 5.64. The third-order valence-corrected chi connectivity index (χ3v) is 3.10. The van der Waals surface area contributed by atoms with Gasteiger partial charge in [0.1, 0.15) is 0 Å². The lowest BCUT2D eigenvalue weighted by Crippen LogP contribution is -2.24. The average molecular weight is 241 g/mol. The highest BCUT2D eigenvalue weighted by Crippen LogP contribution is 2.20. The van der Waals surface area contributed by atoms with Crippen LogP contribution in [0.15, 0.2) is 18.2 Å². The molecule has 0 aliphatic heterocycles. The molecule has 2 nitrogen and oxygen atoms in total. The molecule has 1 aromatic rings. The highest BCUT2D eigenvalue weighted by atomic mass is 35.5. The van der Waals surface area contributed by atoms with Crippen molar-refractivity contribution in [2.24, 2.45) is 0 Å². The van der Waals surface area contributed by atoms with E-state index in [-0.39, 0.29) is 0 Å². The molecule has 0 aromatic heterocycles. The van der Waals surface area contributed by atoms with Crippen LogP contribution in [0.2, 0.25) is 5.02 Å². The zero-order chi connectivity index (χ0) is 12.0. The molecule has 2 N–H and O–H groups in total. The van der Waals surface area contributed by atoms with Crippen LogP contribution in [0.3, 0.4) is 0 Å². The van der Waals surface area contributed by atoms with Crippen molar-refractivity contribution in [3.8, 4) is 0 Å². The summed E-state index contributed by atoms with van der Waals surface area (Å²) in [6.07, 6.45) is 2.46. The highest BCUT2D eigenvalue weighted by molar-refractivity contribution is 6.31. The SMILES string of the molecule is CCCCN(CC)Cc1ccc(N)cc1Cl. The van der Waals surface area contributed by atoms with Crippen molar-refractivity contribution in [3.63, 3.8) is 0 Å². The van der Waals surface area contributed by atoms with Gasteiger partial charge in [0.15, 0.2) is 0 Å². The zero-order valence-electron chi connectivity index (χ0n) is 10.2. The van der Waals surface area contributed by atoms with E-state index in [0.717, 1.165) is 35.9 Å². The van der Waals surface area contributed by atoms with Crippen molar-refractivity contribution in [1.29, 1.82) is 0 Å². The summed E-state index contributed by atoms with van der Waals surface area (Å²) >= 11 is 6.16. The maximum atomic E-state index is 6.16. The van der Waals surface area contributed by atoms with E-state index in [2.05, 4.69) is 18.7 Å². The summed E-state index contributed by atoms with van der Waals surface area (Å²) in [6, 6.07) is 5.76. The van der Waals surface area contributed by atoms with Crippen molar-refractivity contribution >= 4 is 17.3 Å². The molecule has 0 fully saturated rings. The molecule has 0 aliphatic carbocycles. The van der Waals surface area contributed by atoms with Gasteiger partial charge < -0.3 is 5.73 Å². The van der Waals surface area contributed by atoms with E-state index in [1.165, 1.54) is 12.8 Å². The lowest BCUT2D eigenvalue weighted by Gasteiger charge is -2.20. The van der Waals surface area contributed by atoms with Gasteiger partial charge in [-0.05, 0) is 37.2 Å². The third-order valence-electron chi connectivity index (χ3n) is 2.75. The van der Waals surface area contributed by atoms with Crippen LogP contribution in [0.4, 0.5) is 5.69 Å². The second kappa shape index (κ2) is 6.77. The number of rotatable bonds is 6. The van der Waals surface area contributed by atoms with E-state index in [1.54, 1.807) is 0 Å². The first-order chi connectivity index (χ1) is 7.67. The zero-order valence-corrected chi connectivity index (χ0v) is 10.9. The molecular weight excluding hydrogens is 220 g/mol. The summed E-state index contributed by atoms with van der Waals surface area (Å²) in [7, 11) is 0. The molecular formula is C13H21ClN2. The highest BCUT2D eigenvalue weighted by Gasteiger charge is 2.06. The first-order valence-corrected chi connectivity index (χ1v) is 6.31. The molecule has 1 rings (SSSR count). The molecule has 16 heavy (non-hydrogen) atoms. The fraction of sp³-hybridized carbons (Fsp3) is 0.538. The first kappa shape index (κ1) is 13.3. The van der Waals surface area contributed by atoms with E-state index >= 15 is 0 Å². The summed E-state index contributed by atoms with van der Waals surface area (Å²) in [6.45, 7) is 7.49. The quantitative estimate of drug-likeness (QED) is 0.771. The van der Waals surface area contributed by atoms with Crippen LogP contribution >= 0.6 is 11.6 Å². The van der Waals surface area contributed by atoms with Crippen LogP contribution in [-0.4, -0.2) is 18.0 Å². The molecule has 0 bridgehead atoms. The molecule has 90 valence electrons. The maximum absolute atomic E-state index is 6.16. The molecule has 0 unspecified atom stereocenters. The summed E-state index contributed by atoms with van der Waals surface area (Å²) in [5, 5.41) is 0.773. The fourth-order valence-electron chi connectivity index (χ4n) is 1.66. The van der Waals surface area contributed by atoms with E-state index in [9.17, 15) is 0 Å². The van der Waals surface area contributed by atoms with E-state index in [0.29, 0.717) is 0 Å². The van der Waals surface area contributed by atoms with Gasteiger partial charge in [0.05, 0.1) is 0 Å². The third kappa shape index (κ3) is 4.03. The Morgan fingerprint density at radius 1 is 1.31 bits per heavy atom. The van der Waals surface area contributed by atoms with E-state index in [4.69, 9.17) is 17.3 Å². The second-order valence-electron chi connectivity index (χ2n) is 4.07. The van der Waals surface area contributed by atoms with Crippen LogP contribution in [0.25, 0.3) is 0 Å². The smallest absolute Gasteiger partial charge is 0.0471 e. The van der Waals surface area contributed by atoms with Gasteiger partial charge in [0, 0.05) is 17.3 Å². The number of anilines is 1. The summed E-state index contributed by atoms with van der Waals surface area (Å²) < 4.78 is 0. The summed E-state index contributed by atoms with van der Waals surface area (Å²) in [5.41, 5.74) is 7.56. The van der Waals surface area contributed by atoms with Gasteiger partial charge in [-0.1, -0.05) is 37.9 Å². The van der Waals surface area contributed by atoms with Crippen molar-refractivity contribution in [3.05, 3.63) is 28.8 Å². The molecule has 1 aromatic carbocycles. The molecule has 0 saturated carbocycles. The van der Waals surface area contributed by atoms with Gasteiger partial charge in [-0.15, -0.1) is 0 Å². The number of nitrogen functional groups attached to an aromatic ring is 1. The molecule has 0 amide bonds. The normalized spacial score (nSPS) is 11.0. The minimum atomic E-state index is 0.727. The van der Waals surface area contributed by atoms with E-state index < -0.39 is 0 Å². The van der Waals surface area contributed by atoms with Gasteiger partial charge >= 0.3 is 0 Å². The predicted octanol–water partition coefficient (Wildman–Crippen LogP) is 3.54. The Hall–Kier alpha value is -0.730. The molecule has 0 heterocycles. The van der Waals surface area contributed by atoms with Gasteiger partial charge in [0.25, 0.3) is 0 Å². The van der Waals surface area contributed by atoms with Crippen LogP contribution in [0.1, 0.15) is 32.3 Å². The predicted molar refractivity (Wildman–Crippen MR) is 71.7 cm³/mol. The fourth-order valence-corrected chi connectivity index (χ4v) is 1.91. The average Bonchev–Trinajstić information content (AvgIpc) is 2.27. The monoisotopic (exact) mass is 240 g/mol. The molecule has 0 atom stereocenters. The lowest BCUT2D eigenvalue weighted by atomic mass is 10.2. The van der Waals surface area contributed by atoms with Gasteiger partial charge in [0.2, 0.25) is 0 Å². The number of benzene rings is 1. The number of nitrogens with zero attached hydrogens (tertiary/aromatic N) is 1. The minimum absolute atomic E-state index is 0.727. The van der Waals surface area contributed by atoms with Crippen LogP contribution < -0.4 is 5.73 Å². The van der Waals surface area contributed by atoms with Gasteiger partial charge in [-0.2, -0.15) is 0 Å². The minimum Gasteiger partial charge on any atom is -0.399 e. The molecule has 3 heteroatoms. The van der Waals surface area contributed by atoms with Crippen molar-refractivity contribution < 1.29 is 0 Å². The molecule has 0 saturated heterocycles. The number of hydrogen-bond donors (Lipinski definition) is 1. The van der Waals surface area contributed by atoms with Crippen molar-refractivity contribution in [2.75, 3.05) is 18.8 Å². The van der Waals surface area contributed by atoms with Crippen molar-refractivity contribution in [1.82, 2.24) is 4.90 Å². The number of nitrogens with two attached hydrogens (primary N) is 1. The van der Waals surface area contributed by atoms with Crippen molar-refractivity contribution in [2.45, 2.75) is 33.2 Å². The molecule has 0 radical (unpaired) electrons. The maximum Gasteiger partial charge on any atom is 0.0471 e. The van der Waals surface area contributed by atoms with Gasteiger partial charge in [-0.25, -0.2) is 0 Å². The number of unbranched alkanes of at least 4 members (excludes halogenated alkanes) is 1. The summed E-state index contributed by atoms with van der Waals surface area (Å²) in [4.78, 5) is 2.40. The Morgan fingerprint density at radius 3 is 2.62 bits per heavy atom. The van der Waals surface area contributed by atoms with Crippen LogP contribution in [-0.2, 0) is 6.54 Å². The topological polar surface area (TPSA) is 29.3 Å².